The highest BCUT2D eigenvalue weighted by Gasteiger charge is 2.33. The smallest absolute Gasteiger partial charge is 0.243 e. The minimum atomic E-state index is -0.308. The Hall–Kier alpha value is -0.460. The number of nitrogens with zero attached hydrogens (tertiary/aromatic N) is 1. The zero-order chi connectivity index (χ0) is 12.8. The van der Waals surface area contributed by atoms with Crippen molar-refractivity contribution in [2.45, 2.75) is 26.3 Å². The van der Waals surface area contributed by atoms with Gasteiger partial charge >= 0.3 is 0 Å². The molecule has 3 N–H and O–H groups in total. The Morgan fingerprint density at radius 1 is 1.56 bits per heavy atom. The number of amides is 2. The van der Waals surface area contributed by atoms with E-state index >= 15 is 0 Å². The van der Waals surface area contributed by atoms with Crippen molar-refractivity contribution in [2.75, 3.05) is 24.7 Å². The van der Waals surface area contributed by atoms with Gasteiger partial charge in [-0.1, -0.05) is 13.8 Å². The van der Waals surface area contributed by atoms with E-state index in [1.807, 2.05) is 13.8 Å². The maximum atomic E-state index is 11.9. The molecular weight excluding hydrogens is 274 g/mol. The molecule has 1 heterocycles. The van der Waals surface area contributed by atoms with Crippen LogP contribution in [0, 0.1) is 5.92 Å². The molecule has 0 aliphatic carbocycles. The summed E-state index contributed by atoms with van der Waals surface area (Å²) in [5.41, 5.74) is 5.49. The highest BCUT2D eigenvalue weighted by Crippen LogP contribution is 2.21. The predicted molar refractivity (Wildman–Crippen MR) is 76.7 cm³/mol. The second kappa shape index (κ2) is 8.61. The van der Waals surface area contributed by atoms with Crippen LogP contribution >= 0.6 is 24.2 Å². The van der Waals surface area contributed by atoms with Crippen LogP contribution in [0.4, 0.5) is 0 Å². The third kappa shape index (κ3) is 4.66. The Bertz CT molecular complexity index is 291. The summed E-state index contributed by atoms with van der Waals surface area (Å²) in [4.78, 5) is 25.2. The van der Waals surface area contributed by atoms with Gasteiger partial charge < -0.3 is 16.0 Å². The monoisotopic (exact) mass is 295 g/mol. The van der Waals surface area contributed by atoms with Crippen molar-refractivity contribution in [3.63, 3.8) is 0 Å². The number of carbonyl (C=O) groups is 2. The van der Waals surface area contributed by atoms with Crippen molar-refractivity contribution in [1.82, 2.24) is 10.2 Å². The number of nitrogens with one attached hydrogen (secondary N) is 1. The summed E-state index contributed by atoms with van der Waals surface area (Å²) in [7, 11) is 0. The number of carbonyl (C=O) groups excluding carboxylic acids is 2. The molecule has 2 amide bonds. The molecule has 0 saturated carbocycles. The largest absolute Gasteiger partial charge is 0.354 e. The average molecular weight is 296 g/mol. The Morgan fingerprint density at radius 3 is 2.78 bits per heavy atom. The van der Waals surface area contributed by atoms with Crippen LogP contribution in [0.15, 0.2) is 0 Å². The van der Waals surface area contributed by atoms with Gasteiger partial charge in [-0.15, -0.1) is 24.2 Å². The van der Waals surface area contributed by atoms with E-state index < -0.39 is 0 Å². The molecule has 1 saturated heterocycles. The van der Waals surface area contributed by atoms with Crippen molar-refractivity contribution in [1.29, 1.82) is 0 Å². The number of rotatable bonds is 5. The van der Waals surface area contributed by atoms with E-state index in [0.717, 1.165) is 0 Å². The van der Waals surface area contributed by atoms with E-state index in [2.05, 4.69) is 5.32 Å². The third-order valence-electron chi connectivity index (χ3n) is 2.83. The highest BCUT2D eigenvalue weighted by molar-refractivity contribution is 7.99. The molecule has 1 rings (SSSR count). The van der Waals surface area contributed by atoms with Gasteiger partial charge in [-0.05, 0) is 12.5 Å². The van der Waals surface area contributed by atoms with Gasteiger partial charge in [-0.25, -0.2) is 0 Å². The topological polar surface area (TPSA) is 75.4 Å². The summed E-state index contributed by atoms with van der Waals surface area (Å²) in [6, 6.07) is -0.308. The van der Waals surface area contributed by atoms with Crippen molar-refractivity contribution in [2.24, 2.45) is 11.7 Å². The van der Waals surface area contributed by atoms with Gasteiger partial charge in [0.05, 0.1) is 5.88 Å². The fourth-order valence-corrected chi connectivity index (χ4v) is 2.77. The number of hydrogen-bond acceptors (Lipinski definition) is 4. The third-order valence-corrected chi connectivity index (χ3v) is 3.85. The van der Waals surface area contributed by atoms with E-state index in [9.17, 15) is 9.59 Å². The maximum absolute atomic E-state index is 11.9. The fraction of sp³-hybridized carbons (Fsp3) is 0.818. The van der Waals surface area contributed by atoms with Crippen LogP contribution < -0.4 is 11.1 Å². The summed E-state index contributed by atoms with van der Waals surface area (Å²) in [5, 5.41) is 2.86. The molecule has 0 radical (unpaired) electrons. The van der Waals surface area contributed by atoms with Crippen molar-refractivity contribution in [3.05, 3.63) is 0 Å². The first-order valence-corrected chi connectivity index (χ1v) is 7.10. The summed E-state index contributed by atoms with van der Waals surface area (Å²) < 4.78 is 0. The fourth-order valence-electron chi connectivity index (χ4n) is 1.58. The molecule has 5 nitrogen and oxygen atoms in total. The van der Waals surface area contributed by atoms with E-state index in [4.69, 9.17) is 5.73 Å². The standard InChI is InChI=1S/C11H21N3O2S.ClH/c1-3-10(15)14-7-17-6-9(14)11(16)13-5-8(2)4-12;/h8-9H,3-7,12H2,1-2H3,(H,13,16);1H. The summed E-state index contributed by atoms with van der Waals surface area (Å²) in [6.45, 7) is 4.93. The van der Waals surface area contributed by atoms with Gasteiger partial charge in [0, 0.05) is 18.7 Å². The van der Waals surface area contributed by atoms with E-state index in [1.165, 1.54) is 0 Å². The Kier molecular flexibility index (Phi) is 8.39. The number of nitrogens with two attached hydrogens (primary N) is 1. The van der Waals surface area contributed by atoms with Crippen molar-refractivity contribution >= 4 is 36.0 Å². The lowest BCUT2D eigenvalue weighted by atomic mass is 10.2. The van der Waals surface area contributed by atoms with Crippen molar-refractivity contribution in [3.8, 4) is 0 Å². The maximum Gasteiger partial charge on any atom is 0.243 e. The molecule has 1 aliphatic heterocycles. The summed E-state index contributed by atoms with van der Waals surface area (Å²) in [5.74, 6) is 1.56. The lowest BCUT2D eigenvalue weighted by Gasteiger charge is -2.23. The van der Waals surface area contributed by atoms with Gasteiger partial charge in [0.15, 0.2) is 0 Å². The quantitative estimate of drug-likeness (QED) is 0.771. The molecule has 2 atom stereocenters. The van der Waals surface area contributed by atoms with E-state index in [-0.39, 0.29) is 36.2 Å². The van der Waals surface area contributed by atoms with Gasteiger partial charge in [0.1, 0.15) is 6.04 Å². The normalized spacial score (nSPS) is 20.2. The van der Waals surface area contributed by atoms with Crippen molar-refractivity contribution < 1.29 is 9.59 Å². The molecule has 0 aromatic rings. The first kappa shape index (κ1) is 17.5. The molecule has 0 spiro atoms. The highest BCUT2D eigenvalue weighted by atomic mass is 35.5. The molecule has 106 valence electrons. The van der Waals surface area contributed by atoms with Gasteiger partial charge in [0.25, 0.3) is 0 Å². The number of halogens is 1. The predicted octanol–water partition coefficient (Wildman–Crippen LogP) is 0.431. The molecule has 0 aromatic heterocycles. The van der Waals surface area contributed by atoms with Crippen LogP contribution in [0.1, 0.15) is 20.3 Å². The van der Waals surface area contributed by atoms with Crippen LogP contribution in [0.2, 0.25) is 0 Å². The van der Waals surface area contributed by atoms with Crippen LogP contribution in [0.25, 0.3) is 0 Å². The van der Waals surface area contributed by atoms with Gasteiger partial charge in [-0.2, -0.15) is 0 Å². The SMILES string of the molecule is CCC(=O)N1CSCC1C(=O)NCC(C)CN.Cl. The first-order valence-electron chi connectivity index (χ1n) is 5.95. The summed E-state index contributed by atoms with van der Waals surface area (Å²) in [6.07, 6.45) is 0.448. The molecule has 7 heteroatoms. The minimum Gasteiger partial charge on any atom is -0.354 e. The molecule has 2 unspecified atom stereocenters. The van der Waals surface area contributed by atoms with Crippen LogP contribution in [-0.2, 0) is 9.59 Å². The molecule has 18 heavy (non-hydrogen) atoms. The molecule has 1 fully saturated rings. The van der Waals surface area contributed by atoms with Crippen LogP contribution in [0.5, 0.6) is 0 Å². The minimum absolute atomic E-state index is 0. The number of hydrogen-bond donors (Lipinski definition) is 2. The van der Waals surface area contributed by atoms with Gasteiger partial charge in [0.2, 0.25) is 11.8 Å². The second-order valence-electron chi connectivity index (χ2n) is 4.32. The lowest BCUT2D eigenvalue weighted by Crippen LogP contribution is -2.48. The molecule has 1 aliphatic rings. The second-order valence-corrected chi connectivity index (χ2v) is 5.32. The van der Waals surface area contributed by atoms with Gasteiger partial charge in [-0.3, -0.25) is 9.59 Å². The first-order chi connectivity index (χ1) is 8.10. The number of thioether (sulfide) groups is 1. The van der Waals surface area contributed by atoms with Crippen LogP contribution in [0.3, 0.4) is 0 Å². The molecule has 0 bridgehead atoms. The van der Waals surface area contributed by atoms with Crippen LogP contribution in [-0.4, -0.2) is 47.5 Å². The van der Waals surface area contributed by atoms with E-state index in [1.54, 1.807) is 16.7 Å². The Balaban J connectivity index is 0.00000289. The Labute approximate surface area is 119 Å². The zero-order valence-corrected chi connectivity index (χ0v) is 12.5. The van der Waals surface area contributed by atoms with E-state index in [0.29, 0.717) is 31.1 Å². The average Bonchev–Trinajstić information content (AvgIpc) is 2.83. The Morgan fingerprint density at radius 2 is 2.22 bits per heavy atom. The zero-order valence-electron chi connectivity index (χ0n) is 10.8. The lowest BCUT2D eigenvalue weighted by molar-refractivity contribution is -0.137. The molecule has 0 aromatic carbocycles. The summed E-state index contributed by atoms with van der Waals surface area (Å²) >= 11 is 1.62. The molecular formula is C11H22ClN3O2S.